The monoisotopic (exact) mass is 492 g/mol. The number of anilines is 1. The minimum atomic E-state index is -0.879. The summed E-state index contributed by atoms with van der Waals surface area (Å²) < 4.78 is 0.939. The molecule has 2 bridgehead atoms. The number of fused-ring (bicyclic) bond motifs is 5. The highest BCUT2D eigenvalue weighted by Gasteiger charge is 2.61. The average molecular weight is 493 g/mol. The molecule has 164 valence electrons. The lowest BCUT2D eigenvalue weighted by Crippen LogP contribution is -2.49. The van der Waals surface area contributed by atoms with Crippen LogP contribution in [0.2, 0.25) is 0 Å². The maximum absolute atomic E-state index is 13.6. The second-order valence-corrected chi connectivity index (χ2v) is 9.81. The van der Waals surface area contributed by atoms with Crippen molar-refractivity contribution in [2.45, 2.75) is 32.2 Å². The van der Waals surface area contributed by atoms with E-state index in [-0.39, 0.29) is 41.4 Å². The molecule has 1 saturated carbocycles. The second kappa shape index (κ2) is 8.32. The van der Waals surface area contributed by atoms with Gasteiger partial charge in [0.2, 0.25) is 17.7 Å². The molecule has 0 unspecified atom stereocenters. The lowest BCUT2D eigenvalue weighted by atomic mass is 9.85. The Labute approximate surface area is 196 Å². The summed E-state index contributed by atoms with van der Waals surface area (Å²) in [5.74, 6) is -1.12. The summed E-state index contributed by atoms with van der Waals surface area (Å²) in [5, 5.41) is 3.01. The van der Waals surface area contributed by atoms with Gasteiger partial charge in [0, 0.05) is 16.6 Å². The Morgan fingerprint density at radius 2 is 1.72 bits per heavy atom. The van der Waals surface area contributed by atoms with Crippen LogP contribution in [0.5, 0.6) is 0 Å². The maximum Gasteiger partial charge on any atom is 0.248 e. The van der Waals surface area contributed by atoms with Gasteiger partial charge in [0.1, 0.15) is 6.04 Å². The van der Waals surface area contributed by atoms with Gasteiger partial charge in [-0.05, 0) is 54.0 Å². The lowest BCUT2D eigenvalue weighted by Gasteiger charge is -2.27. The molecule has 1 aliphatic heterocycles. The van der Waals surface area contributed by atoms with E-state index in [1.807, 2.05) is 55.5 Å². The van der Waals surface area contributed by atoms with Gasteiger partial charge in [-0.3, -0.25) is 19.3 Å². The Hall–Kier alpha value is -2.73. The first kappa shape index (κ1) is 21.1. The van der Waals surface area contributed by atoms with E-state index < -0.39 is 6.04 Å². The van der Waals surface area contributed by atoms with Crippen LogP contribution in [-0.4, -0.2) is 28.7 Å². The molecular formula is C26H25BrN2O3. The number of carbonyl (C=O) groups excluding carboxylic acids is 3. The van der Waals surface area contributed by atoms with Gasteiger partial charge in [-0.25, -0.2) is 0 Å². The zero-order valence-corrected chi connectivity index (χ0v) is 19.4. The van der Waals surface area contributed by atoms with Crippen molar-refractivity contribution in [1.29, 1.82) is 0 Å². The number of rotatable bonds is 6. The highest BCUT2D eigenvalue weighted by atomic mass is 79.9. The van der Waals surface area contributed by atoms with Crippen molar-refractivity contribution in [3.63, 3.8) is 0 Å². The molecule has 0 aromatic heterocycles. The largest absolute Gasteiger partial charge is 0.324 e. The Kier molecular flexibility index (Phi) is 5.49. The number of amides is 3. The zero-order valence-electron chi connectivity index (χ0n) is 17.8. The third-order valence-corrected chi connectivity index (χ3v) is 7.59. The maximum atomic E-state index is 13.6. The molecule has 6 heteroatoms. The fraction of sp³-hybridized carbons (Fsp3) is 0.346. The lowest BCUT2D eigenvalue weighted by molar-refractivity contribution is -0.147. The van der Waals surface area contributed by atoms with E-state index in [4.69, 9.17) is 0 Å². The first-order chi connectivity index (χ1) is 15.5. The van der Waals surface area contributed by atoms with Crippen LogP contribution >= 0.6 is 15.9 Å². The van der Waals surface area contributed by atoms with E-state index in [1.165, 1.54) is 4.90 Å². The van der Waals surface area contributed by atoms with E-state index in [9.17, 15) is 14.4 Å². The molecule has 2 aromatic carbocycles. The van der Waals surface area contributed by atoms with Crippen molar-refractivity contribution in [1.82, 2.24) is 4.90 Å². The van der Waals surface area contributed by atoms with E-state index in [1.54, 1.807) is 0 Å². The van der Waals surface area contributed by atoms with Crippen LogP contribution in [0.4, 0.5) is 5.69 Å². The van der Waals surface area contributed by atoms with Crippen LogP contribution in [0.25, 0.3) is 0 Å². The molecule has 3 aliphatic rings. The molecule has 1 saturated heterocycles. The number of carbonyl (C=O) groups is 3. The topological polar surface area (TPSA) is 66.5 Å². The van der Waals surface area contributed by atoms with E-state index >= 15 is 0 Å². The molecule has 3 amide bonds. The SMILES string of the molecule is CCc1cc(Br)ccc1NC(=O)[C@@H](Cc1ccccc1)N1C(=O)[C@@H]2[C@@H](C1=O)[C@H]1C=C[C@@H]2C1. The number of imide groups is 1. The second-order valence-electron chi connectivity index (χ2n) is 8.90. The summed E-state index contributed by atoms with van der Waals surface area (Å²) in [5.41, 5.74) is 2.61. The number of nitrogens with one attached hydrogen (secondary N) is 1. The van der Waals surface area contributed by atoms with Crippen molar-refractivity contribution in [3.05, 3.63) is 76.3 Å². The first-order valence-electron chi connectivity index (χ1n) is 11.2. The summed E-state index contributed by atoms with van der Waals surface area (Å²) in [6, 6.07) is 14.4. The third kappa shape index (κ3) is 3.51. The molecule has 5 atom stereocenters. The number of hydrogen-bond donors (Lipinski definition) is 1. The third-order valence-electron chi connectivity index (χ3n) is 7.10. The summed E-state index contributed by atoms with van der Waals surface area (Å²) in [4.78, 5) is 41.7. The molecular weight excluding hydrogens is 468 g/mol. The Morgan fingerprint density at radius 1 is 1.06 bits per heavy atom. The summed E-state index contributed by atoms with van der Waals surface area (Å²) in [7, 11) is 0. The summed E-state index contributed by atoms with van der Waals surface area (Å²) in [6.45, 7) is 2.02. The zero-order chi connectivity index (χ0) is 22.4. The number of nitrogens with zero attached hydrogens (tertiary/aromatic N) is 1. The smallest absolute Gasteiger partial charge is 0.248 e. The fourth-order valence-corrected chi connectivity index (χ4v) is 5.97. The van der Waals surface area contributed by atoms with Crippen LogP contribution in [0.15, 0.2) is 65.2 Å². The number of allylic oxidation sites excluding steroid dienone is 2. The van der Waals surface area contributed by atoms with E-state index in [2.05, 4.69) is 33.4 Å². The van der Waals surface area contributed by atoms with Crippen LogP contribution < -0.4 is 5.32 Å². The fourth-order valence-electron chi connectivity index (χ4n) is 5.56. The summed E-state index contributed by atoms with van der Waals surface area (Å²) >= 11 is 3.47. The molecule has 1 heterocycles. The molecule has 2 aromatic rings. The Morgan fingerprint density at radius 3 is 2.34 bits per heavy atom. The van der Waals surface area contributed by atoms with Gasteiger partial charge in [0.05, 0.1) is 11.8 Å². The average Bonchev–Trinajstić information content (AvgIpc) is 3.48. The molecule has 2 fully saturated rings. The van der Waals surface area contributed by atoms with Crippen molar-refractivity contribution in [3.8, 4) is 0 Å². The Balaban J connectivity index is 1.47. The van der Waals surface area contributed by atoms with Crippen molar-refractivity contribution in [2.24, 2.45) is 23.7 Å². The van der Waals surface area contributed by atoms with Crippen LogP contribution in [0.3, 0.4) is 0 Å². The number of hydrogen-bond acceptors (Lipinski definition) is 3. The highest BCUT2D eigenvalue weighted by molar-refractivity contribution is 9.10. The number of benzene rings is 2. The number of likely N-dealkylation sites (tertiary alicyclic amines) is 1. The predicted octanol–water partition coefficient (Wildman–Crippen LogP) is 4.37. The molecule has 0 spiro atoms. The Bertz CT molecular complexity index is 1080. The van der Waals surface area contributed by atoms with Crippen LogP contribution in [0, 0.1) is 23.7 Å². The van der Waals surface area contributed by atoms with E-state index in [0.29, 0.717) is 12.1 Å². The first-order valence-corrected chi connectivity index (χ1v) is 12.0. The van der Waals surface area contributed by atoms with Gasteiger partial charge in [0.15, 0.2) is 0 Å². The molecule has 5 nitrogen and oxygen atoms in total. The van der Waals surface area contributed by atoms with Gasteiger partial charge >= 0.3 is 0 Å². The van der Waals surface area contributed by atoms with Gasteiger partial charge in [0.25, 0.3) is 0 Å². The number of halogens is 1. The minimum Gasteiger partial charge on any atom is -0.324 e. The molecule has 2 aliphatic carbocycles. The normalized spacial score (nSPS) is 26.5. The summed E-state index contributed by atoms with van der Waals surface area (Å²) in [6.07, 6.45) is 6.06. The number of aryl methyl sites for hydroxylation is 1. The molecule has 32 heavy (non-hydrogen) atoms. The predicted molar refractivity (Wildman–Crippen MR) is 126 cm³/mol. The standard InChI is InChI=1S/C26H25BrN2O3/c1-2-16-14-19(27)10-11-20(16)28-24(30)21(12-15-6-4-3-5-7-15)29-25(31)22-17-8-9-18(13-17)23(22)26(29)32/h3-11,14,17-18,21-23H,2,12-13H2,1H3,(H,28,30)/t17-,18+,21-,22+,23+/m1/s1. The van der Waals surface area contributed by atoms with Gasteiger partial charge in [-0.2, -0.15) is 0 Å². The van der Waals surface area contributed by atoms with Gasteiger partial charge in [-0.1, -0.05) is 65.3 Å². The van der Waals surface area contributed by atoms with E-state index in [0.717, 1.165) is 28.4 Å². The van der Waals surface area contributed by atoms with Gasteiger partial charge < -0.3 is 5.32 Å². The van der Waals surface area contributed by atoms with Crippen LogP contribution in [-0.2, 0) is 27.2 Å². The molecule has 1 N–H and O–H groups in total. The quantitative estimate of drug-likeness (QED) is 0.480. The molecule has 5 rings (SSSR count). The highest BCUT2D eigenvalue weighted by Crippen LogP contribution is 2.53. The minimum absolute atomic E-state index is 0.116. The van der Waals surface area contributed by atoms with Crippen molar-refractivity contribution >= 4 is 39.3 Å². The van der Waals surface area contributed by atoms with Crippen molar-refractivity contribution in [2.75, 3.05) is 5.32 Å². The van der Waals surface area contributed by atoms with Gasteiger partial charge in [-0.15, -0.1) is 0 Å². The van der Waals surface area contributed by atoms with Crippen molar-refractivity contribution < 1.29 is 14.4 Å². The van der Waals surface area contributed by atoms with Crippen LogP contribution in [0.1, 0.15) is 24.5 Å². The molecule has 0 radical (unpaired) electrons.